The molecule has 0 radical (unpaired) electrons. The van der Waals surface area contributed by atoms with Gasteiger partial charge in [-0.15, -0.1) is 0 Å². The second-order valence-electron chi connectivity index (χ2n) is 4.42. The Labute approximate surface area is 115 Å². The summed E-state index contributed by atoms with van der Waals surface area (Å²) in [6.07, 6.45) is -7.59. The van der Waals surface area contributed by atoms with Crippen LogP contribution in [0, 0.1) is 0 Å². The molecule has 116 valence electrons. The molecule has 0 amide bonds. The monoisotopic (exact) mass is 312 g/mol. The fourth-order valence-electron chi connectivity index (χ4n) is 1.87. The van der Waals surface area contributed by atoms with Gasteiger partial charge in [0.15, 0.2) is 5.78 Å². The molecule has 0 saturated heterocycles. The number of ether oxygens (including phenoxy) is 2. The van der Waals surface area contributed by atoms with Crippen molar-refractivity contribution in [2.24, 2.45) is 0 Å². The average Bonchev–Trinajstić information content (AvgIpc) is 2.36. The Balaban J connectivity index is 2.49. The number of carbonyl (C=O) groups is 1. The largest absolute Gasteiger partial charge is 0.497 e. The molecule has 0 unspecified atom stereocenters. The van der Waals surface area contributed by atoms with Gasteiger partial charge in [0.05, 0.1) is 19.1 Å². The lowest BCUT2D eigenvalue weighted by atomic mass is 9.93. The predicted molar refractivity (Wildman–Crippen MR) is 58.5 cm³/mol. The smallest absolute Gasteiger partial charge is 0.460 e. The molecule has 0 bridgehead atoms. The number of aliphatic hydroxyl groups is 1. The third-order valence-electron chi connectivity index (χ3n) is 3.01. The van der Waals surface area contributed by atoms with Gasteiger partial charge in [-0.05, 0) is 12.1 Å². The van der Waals surface area contributed by atoms with E-state index >= 15 is 0 Å². The lowest BCUT2D eigenvalue weighted by molar-refractivity contribution is -0.384. The minimum atomic E-state index is -6.07. The summed E-state index contributed by atoms with van der Waals surface area (Å²) in [6, 6.07) is 3.41. The molecule has 1 heterocycles. The summed E-state index contributed by atoms with van der Waals surface area (Å²) < 4.78 is 73.1. The summed E-state index contributed by atoms with van der Waals surface area (Å²) in [5.74, 6) is -11.2. The lowest BCUT2D eigenvalue weighted by Gasteiger charge is -2.38. The van der Waals surface area contributed by atoms with Crippen LogP contribution in [0.3, 0.4) is 0 Å². The summed E-state index contributed by atoms with van der Waals surface area (Å²) in [6.45, 7) is 0. The van der Waals surface area contributed by atoms with E-state index in [9.17, 15) is 31.9 Å². The Morgan fingerprint density at radius 2 is 1.90 bits per heavy atom. The Morgan fingerprint density at radius 1 is 1.29 bits per heavy atom. The molecule has 1 aromatic rings. The molecule has 2 rings (SSSR count). The lowest BCUT2D eigenvalue weighted by Crippen LogP contribution is -2.62. The van der Waals surface area contributed by atoms with Crippen LogP contribution in [0.4, 0.5) is 22.0 Å². The van der Waals surface area contributed by atoms with Crippen LogP contribution in [-0.2, 0) is 0 Å². The maximum atomic E-state index is 13.4. The van der Waals surface area contributed by atoms with E-state index in [0.29, 0.717) is 0 Å². The molecule has 1 atom stereocenters. The van der Waals surface area contributed by atoms with Gasteiger partial charge in [-0.2, -0.15) is 22.0 Å². The van der Waals surface area contributed by atoms with Crippen LogP contribution in [0.2, 0.25) is 0 Å². The van der Waals surface area contributed by atoms with Gasteiger partial charge in [0, 0.05) is 6.07 Å². The van der Waals surface area contributed by atoms with Crippen molar-refractivity contribution in [3.63, 3.8) is 0 Å². The Hall–Kier alpha value is -1.90. The molecule has 0 aromatic heterocycles. The number of hydrogen-bond acceptors (Lipinski definition) is 4. The normalized spacial score (nSPS) is 22.5. The van der Waals surface area contributed by atoms with Crippen molar-refractivity contribution in [1.29, 1.82) is 0 Å². The molecule has 0 fully saturated rings. The number of ketones is 1. The fraction of sp³-hybridized carbons (Fsp3) is 0.417. The van der Waals surface area contributed by atoms with E-state index < -0.39 is 35.8 Å². The SMILES string of the molecule is COc1ccc2c(c1)O[C@](O)(C(F)(F)C(F)(F)F)CC2=O. The van der Waals surface area contributed by atoms with E-state index in [-0.39, 0.29) is 11.3 Å². The Kier molecular flexibility index (Phi) is 3.36. The maximum Gasteiger partial charge on any atom is 0.460 e. The second-order valence-corrected chi connectivity index (χ2v) is 4.42. The van der Waals surface area contributed by atoms with Crippen LogP contribution in [0.1, 0.15) is 16.8 Å². The number of methoxy groups -OCH3 is 1. The first-order valence-corrected chi connectivity index (χ1v) is 5.59. The van der Waals surface area contributed by atoms with Crippen molar-refractivity contribution in [3.8, 4) is 11.5 Å². The fourth-order valence-corrected chi connectivity index (χ4v) is 1.87. The van der Waals surface area contributed by atoms with Crippen molar-refractivity contribution in [3.05, 3.63) is 23.8 Å². The zero-order chi connectivity index (χ0) is 16.1. The van der Waals surface area contributed by atoms with E-state index in [1.807, 2.05) is 0 Å². The molecule has 9 heteroatoms. The van der Waals surface area contributed by atoms with Crippen LogP contribution in [0.25, 0.3) is 0 Å². The summed E-state index contributed by atoms with van der Waals surface area (Å²) in [7, 11) is 1.23. The van der Waals surface area contributed by atoms with Gasteiger partial charge in [0.25, 0.3) is 5.79 Å². The zero-order valence-corrected chi connectivity index (χ0v) is 10.5. The van der Waals surface area contributed by atoms with Crippen molar-refractivity contribution in [2.45, 2.75) is 24.3 Å². The minimum Gasteiger partial charge on any atom is -0.497 e. The molecule has 4 nitrogen and oxygen atoms in total. The average molecular weight is 312 g/mol. The molecule has 1 N–H and O–H groups in total. The first-order chi connectivity index (χ1) is 9.52. The van der Waals surface area contributed by atoms with E-state index in [0.717, 1.165) is 12.1 Å². The number of Topliss-reactive ketones (excluding diaryl/α,β-unsaturated/α-hetero) is 1. The van der Waals surface area contributed by atoms with E-state index in [1.54, 1.807) is 0 Å². The summed E-state index contributed by atoms with van der Waals surface area (Å²) in [5.41, 5.74) is -0.210. The van der Waals surface area contributed by atoms with Gasteiger partial charge in [-0.1, -0.05) is 0 Å². The van der Waals surface area contributed by atoms with Gasteiger partial charge < -0.3 is 14.6 Å². The Morgan fingerprint density at radius 3 is 2.43 bits per heavy atom. The van der Waals surface area contributed by atoms with Crippen LogP contribution in [0.5, 0.6) is 11.5 Å². The van der Waals surface area contributed by atoms with Crippen molar-refractivity contribution in [1.82, 2.24) is 0 Å². The summed E-state index contributed by atoms with van der Waals surface area (Å²) in [4.78, 5) is 11.7. The van der Waals surface area contributed by atoms with Gasteiger partial charge in [-0.25, -0.2) is 0 Å². The second kappa shape index (κ2) is 4.55. The van der Waals surface area contributed by atoms with Crippen LogP contribution >= 0.6 is 0 Å². The van der Waals surface area contributed by atoms with Crippen molar-refractivity contribution < 1.29 is 41.3 Å². The predicted octanol–water partition coefficient (Wildman–Crippen LogP) is 2.55. The summed E-state index contributed by atoms with van der Waals surface area (Å²) >= 11 is 0. The number of alkyl halides is 5. The number of rotatable bonds is 2. The third kappa shape index (κ3) is 2.31. The maximum absolute atomic E-state index is 13.4. The molecule has 0 aliphatic carbocycles. The number of halogens is 5. The van der Waals surface area contributed by atoms with E-state index in [1.165, 1.54) is 13.2 Å². The zero-order valence-electron chi connectivity index (χ0n) is 10.5. The van der Waals surface area contributed by atoms with E-state index in [2.05, 4.69) is 4.74 Å². The van der Waals surface area contributed by atoms with Crippen LogP contribution in [-0.4, -0.2) is 35.9 Å². The van der Waals surface area contributed by atoms with Gasteiger partial charge in [-0.3, -0.25) is 4.79 Å². The van der Waals surface area contributed by atoms with Crippen LogP contribution < -0.4 is 9.47 Å². The summed E-state index contributed by atoms with van der Waals surface area (Å²) in [5, 5.41) is 9.56. The number of benzene rings is 1. The third-order valence-corrected chi connectivity index (χ3v) is 3.01. The minimum absolute atomic E-state index is 0.0705. The molecule has 1 aliphatic heterocycles. The van der Waals surface area contributed by atoms with Crippen molar-refractivity contribution >= 4 is 5.78 Å². The number of fused-ring (bicyclic) bond motifs is 1. The first kappa shape index (κ1) is 15.5. The van der Waals surface area contributed by atoms with Crippen molar-refractivity contribution in [2.75, 3.05) is 7.11 Å². The van der Waals surface area contributed by atoms with Crippen LogP contribution in [0.15, 0.2) is 18.2 Å². The number of hydrogen-bond donors (Lipinski definition) is 1. The molecule has 0 spiro atoms. The standard InChI is InChI=1S/C12H9F5O4/c1-20-6-2-3-7-8(18)5-10(19,21-9(7)4-6)11(13,14)12(15,16)17/h2-4,19H,5H2,1H3/t10-/m0/s1. The molecule has 0 saturated carbocycles. The Bertz CT molecular complexity index is 584. The number of carbonyl (C=O) groups excluding carboxylic acids is 1. The highest BCUT2D eigenvalue weighted by atomic mass is 19.4. The van der Waals surface area contributed by atoms with E-state index in [4.69, 9.17) is 4.74 Å². The quantitative estimate of drug-likeness (QED) is 0.853. The van der Waals surface area contributed by atoms with Gasteiger partial charge >= 0.3 is 12.1 Å². The highest BCUT2D eigenvalue weighted by Crippen LogP contribution is 2.48. The topological polar surface area (TPSA) is 55.8 Å². The highest BCUT2D eigenvalue weighted by Gasteiger charge is 2.73. The molecular formula is C12H9F5O4. The van der Waals surface area contributed by atoms with Gasteiger partial charge in [0.1, 0.15) is 11.5 Å². The molecular weight excluding hydrogens is 303 g/mol. The molecule has 1 aliphatic rings. The molecule has 1 aromatic carbocycles. The highest BCUT2D eigenvalue weighted by molar-refractivity contribution is 6.00. The first-order valence-electron chi connectivity index (χ1n) is 5.59. The van der Waals surface area contributed by atoms with Gasteiger partial charge in [0.2, 0.25) is 0 Å². The molecule has 21 heavy (non-hydrogen) atoms.